The molecular weight excluding hydrogens is 531 g/mol. The normalized spacial score (nSPS) is 11.4. The van der Waals surface area contributed by atoms with Crippen LogP contribution in [0.25, 0.3) is 17.4 Å². The van der Waals surface area contributed by atoms with Gasteiger partial charge in [0.2, 0.25) is 0 Å². The number of amides is 2. The van der Waals surface area contributed by atoms with E-state index >= 15 is 0 Å². The molecule has 0 aliphatic rings. The van der Waals surface area contributed by atoms with Crippen LogP contribution in [0, 0.1) is 10.1 Å². The maximum absolute atomic E-state index is 12.9. The van der Waals surface area contributed by atoms with Crippen molar-refractivity contribution in [3.8, 4) is 11.3 Å². The van der Waals surface area contributed by atoms with Crippen LogP contribution in [0.15, 0.2) is 100 Å². The van der Waals surface area contributed by atoms with Gasteiger partial charge in [-0.2, -0.15) is 5.10 Å². The van der Waals surface area contributed by atoms with Crippen molar-refractivity contribution in [1.82, 2.24) is 10.7 Å². The van der Waals surface area contributed by atoms with Crippen LogP contribution in [0.1, 0.15) is 21.7 Å². The first-order chi connectivity index (χ1) is 18.3. The van der Waals surface area contributed by atoms with Crippen molar-refractivity contribution in [2.45, 2.75) is 0 Å². The Labute approximate surface area is 226 Å². The summed E-state index contributed by atoms with van der Waals surface area (Å²) in [6.45, 7) is 0. The maximum Gasteiger partial charge on any atom is 0.287 e. The number of nitro benzene ring substituents is 1. The summed E-state index contributed by atoms with van der Waals surface area (Å²) in [6, 6.07) is 22.3. The summed E-state index contributed by atoms with van der Waals surface area (Å²) in [5.41, 5.74) is 3.46. The number of nitrogens with one attached hydrogen (secondary N) is 2. The van der Waals surface area contributed by atoms with Crippen molar-refractivity contribution >= 4 is 53.0 Å². The minimum Gasteiger partial charge on any atom is -0.455 e. The monoisotopic (exact) mass is 548 g/mol. The highest BCUT2D eigenvalue weighted by molar-refractivity contribution is 6.34. The van der Waals surface area contributed by atoms with Gasteiger partial charge < -0.3 is 9.73 Å². The number of rotatable bonds is 8. The first kappa shape index (κ1) is 26.3. The molecule has 0 bridgehead atoms. The standard InChI is InChI=1S/C27H18Cl2N4O5/c28-19-9-7-18(8-10-19)25-14-13-21(38-25)16-30-32-27(35)24(15-17-5-11-20(12-6-17)33(36)37)31-26(34)22-3-1-2-4-23(22)29/h1-16H,(H,31,34)(H,32,35)/b24-15+,30-16?. The first-order valence-electron chi connectivity index (χ1n) is 11.0. The number of benzene rings is 3. The van der Waals surface area contributed by atoms with Crippen LogP contribution < -0.4 is 10.7 Å². The number of carbonyl (C=O) groups is 2. The fourth-order valence-corrected chi connectivity index (χ4v) is 3.61. The average molecular weight is 549 g/mol. The number of furan rings is 1. The quantitative estimate of drug-likeness (QED) is 0.119. The van der Waals surface area contributed by atoms with E-state index in [0.29, 0.717) is 22.1 Å². The highest BCUT2D eigenvalue weighted by Gasteiger charge is 2.17. The number of nitro groups is 1. The highest BCUT2D eigenvalue weighted by Crippen LogP contribution is 2.23. The predicted octanol–water partition coefficient (Wildman–Crippen LogP) is 6.08. The number of nitrogens with zero attached hydrogens (tertiary/aromatic N) is 2. The molecule has 9 nitrogen and oxygen atoms in total. The molecule has 0 aliphatic heterocycles. The van der Waals surface area contributed by atoms with Gasteiger partial charge in [-0.1, -0.05) is 35.3 Å². The second-order valence-corrected chi connectivity index (χ2v) is 8.59. The third kappa shape index (κ3) is 6.73. The van der Waals surface area contributed by atoms with Gasteiger partial charge in [-0.05, 0) is 72.3 Å². The lowest BCUT2D eigenvalue weighted by atomic mass is 10.1. The van der Waals surface area contributed by atoms with E-state index in [4.69, 9.17) is 27.6 Å². The second kappa shape index (κ2) is 12.0. The Kier molecular flexibility index (Phi) is 8.32. The lowest BCUT2D eigenvalue weighted by molar-refractivity contribution is -0.384. The molecule has 190 valence electrons. The lowest BCUT2D eigenvalue weighted by Gasteiger charge is -2.10. The van der Waals surface area contributed by atoms with E-state index in [2.05, 4.69) is 15.8 Å². The molecule has 38 heavy (non-hydrogen) atoms. The van der Waals surface area contributed by atoms with E-state index in [9.17, 15) is 19.7 Å². The fraction of sp³-hybridized carbons (Fsp3) is 0. The third-order valence-electron chi connectivity index (χ3n) is 5.14. The van der Waals surface area contributed by atoms with Crippen molar-refractivity contribution in [3.05, 3.63) is 128 Å². The van der Waals surface area contributed by atoms with Gasteiger partial charge in [-0.25, -0.2) is 5.43 Å². The van der Waals surface area contributed by atoms with E-state index in [1.54, 1.807) is 54.6 Å². The van der Waals surface area contributed by atoms with Crippen LogP contribution in [0.2, 0.25) is 10.0 Å². The van der Waals surface area contributed by atoms with E-state index in [0.717, 1.165) is 5.56 Å². The Hall–Kier alpha value is -4.73. The summed E-state index contributed by atoms with van der Waals surface area (Å²) in [5, 5.41) is 18.2. The number of halogens is 2. The summed E-state index contributed by atoms with van der Waals surface area (Å²) in [6.07, 6.45) is 2.66. The van der Waals surface area contributed by atoms with E-state index in [-0.39, 0.29) is 22.0 Å². The van der Waals surface area contributed by atoms with Crippen molar-refractivity contribution in [2.75, 3.05) is 0 Å². The summed E-state index contributed by atoms with van der Waals surface area (Å²) in [4.78, 5) is 36.1. The molecule has 0 aliphatic carbocycles. The molecule has 0 unspecified atom stereocenters. The molecule has 0 saturated heterocycles. The lowest BCUT2D eigenvalue weighted by Crippen LogP contribution is -2.33. The number of hydrogen-bond donors (Lipinski definition) is 2. The van der Waals surface area contributed by atoms with Gasteiger partial charge in [0.25, 0.3) is 17.5 Å². The number of carbonyl (C=O) groups excluding carboxylic acids is 2. The zero-order chi connectivity index (χ0) is 27.1. The molecule has 2 amide bonds. The Morgan fingerprint density at radius 1 is 0.921 bits per heavy atom. The third-order valence-corrected chi connectivity index (χ3v) is 5.72. The summed E-state index contributed by atoms with van der Waals surface area (Å²) in [5.74, 6) is -0.414. The summed E-state index contributed by atoms with van der Waals surface area (Å²) >= 11 is 12.0. The largest absolute Gasteiger partial charge is 0.455 e. The summed E-state index contributed by atoms with van der Waals surface area (Å²) in [7, 11) is 0. The highest BCUT2D eigenvalue weighted by atomic mass is 35.5. The number of hydrazone groups is 1. The molecule has 4 rings (SSSR count). The molecule has 4 aromatic rings. The minimum absolute atomic E-state index is 0.116. The topological polar surface area (TPSA) is 127 Å². The van der Waals surface area contributed by atoms with Gasteiger partial charge in [0, 0.05) is 22.7 Å². The predicted molar refractivity (Wildman–Crippen MR) is 145 cm³/mol. The van der Waals surface area contributed by atoms with Crippen molar-refractivity contribution < 1.29 is 18.9 Å². The zero-order valence-corrected chi connectivity index (χ0v) is 20.9. The molecule has 2 N–H and O–H groups in total. The van der Waals surface area contributed by atoms with Gasteiger partial charge in [-0.3, -0.25) is 19.7 Å². The smallest absolute Gasteiger partial charge is 0.287 e. The number of non-ortho nitro benzene ring substituents is 1. The van der Waals surface area contributed by atoms with Gasteiger partial charge in [0.1, 0.15) is 17.2 Å². The second-order valence-electron chi connectivity index (χ2n) is 7.75. The van der Waals surface area contributed by atoms with E-state index in [1.807, 2.05) is 0 Å². The van der Waals surface area contributed by atoms with Gasteiger partial charge >= 0.3 is 0 Å². The molecule has 0 saturated carbocycles. The Morgan fingerprint density at radius 2 is 1.63 bits per heavy atom. The van der Waals surface area contributed by atoms with E-state index in [1.165, 1.54) is 42.6 Å². The Balaban J connectivity index is 1.52. The molecule has 0 atom stereocenters. The van der Waals surface area contributed by atoms with Crippen LogP contribution in [0.4, 0.5) is 5.69 Å². The molecule has 0 fully saturated rings. The van der Waals surface area contributed by atoms with Gasteiger partial charge in [0.15, 0.2) is 0 Å². The van der Waals surface area contributed by atoms with Crippen molar-refractivity contribution in [2.24, 2.45) is 5.10 Å². The number of hydrogen-bond acceptors (Lipinski definition) is 6. The Morgan fingerprint density at radius 3 is 2.32 bits per heavy atom. The van der Waals surface area contributed by atoms with Crippen molar-refractivity contribution in [1.29, 1.82) is 0 Å². The van der Waals surface area contributed by atoms with Crippen LogP contribution in [-0.4, -0.2) is 23.0 Å². The molecular formula is C27H18Cl2N4O5. The van der Waals surface area contributed by atoms with Crippen molar-refractivity contribution in [3.63, 3.8) is 0 Å². The van der Waals surface area contributed by atoms with Crippen LogP contribution in [0.3, 0.4) is 0 Å². The van der Waals surface area contributed by atoms with Crippen LogP contribution >= 0.6 is 23.2 Å². The minimum atomic E-state index is -0.746. The molecule has 3 aromatic carbocycles. The molecule has 1 aromatic heterocycles. The Bertz CT molecular complexity index is 1540. The SMILES string of the molecule is O=C(NN=Cc1ccc(-c2ccc(Cl)cc2)o1)/C(=C\c1ccc([N+](=O)[O-])cc1)NC(=O)c1ccccc1Cl. The molecule has 0 spiro atoms. The molecule has 11 heteroatoms. The summed E-state index contributed by atoms with van der Waals surface area (Å²) < 4.78 is 5.72. The average Bonchev–Trinajstić information content (AvgIpc) is 3.38. The first-order valence-corrected chi connectivity index (χ1v) is 11.8. The zero-order valence-electron chi connectivity index (χ0n) is 19.4. The maximum atomic E-state index is 12.9. The molecule has 0 radical (unpaired) electrons. The van der Waals surface area contributed by atoms with E-state index < -0.39 is 16.7 Å². The van der Waals surface area contributed by atoms with Gasteiger partial charge in [-0.15, -0.1) is 0 Å². The fourth-order valence-electron chi connectivity index (χ4n) is 3.26. The van der Waals surface area contributed by atoms with Crippen LogP contribution in [-0.2, 0) is 4.79 Å². The van der Waals surface area contributed by atoms with Crippen LogP contribution in [0.5, 0.6) is 0 Å². The molecule has 1 heterocycles. The van der Waals surface area contributed by atoms with Gasteiger partial charge in [0.05, 0.1) is 21.7 Å².